The van der Waals surface area contributed by atoms with Crippen LogP contribution in [-0.4, -0.2) is 83.7 Å². The van der Waals surface area contributed by atoms with E-state index in [9.17, 15) is 19.2 Å². The highest BCUT2D eigenvalue weighted by atomic mass is 32.2. The van der Waals surface area contributed by atoms with Crippen molar-refractivity contribution < 1.29 is 42.9 Å². The van der Waals surface area contributed by atoms with Crippen molar-refractivity contribution in [2.45, 2.75) is 57.5 Å². The van der Waals surface area contributed by atoms with Crippen molar-refractivity contribution in [2.24, 2.45) is 0 Å². The Balaban J connectivity index is 3.33. The molecule has 5 atom stereocenters. The number of nitrogens with zero attached hydrogens (tertiary/aromatic N) is 1. The van der Waals surface area contributed by atoms with Gasteiger partial charge in [0.25, 0.3) is 0 Å². The average molecular weight is 452 g/mol. The highest BCUT2D eigenvalue weighted by Crippen LogP contribution is 2.35. The Morgan fingerprint density at radius 1 is 0.862 bits per heavy atom. The molecule has 12 heteroatoms. The van der Waals surface area contributed by atoms with Crippen molar-refractivity contribution in [3.63, 3.8) is 0 Å². The number of hydrogen-bond acceptors (Lipinski definition) is 11. The van der Waals surface area contributed by atoms with Crippen LogP contribution in [0.1, 0.15) is 27.7 Å². The lowest BCUT2D eigenvalue weighted by Crippen LogP contribution is -2.61. The molecule has 0 aromatic rings. The number of carbonyl (C=O) groups is 4. The molecular weight excluding hydrogens is 426 g/mol. The summed E-state index contributed by atoms with van der Waals surface area (Å²) in [6.07, 6.45) is -4.49. The third-order valence-electron chi connectivity index (χ3n) is 3.53. The van der Waals surface area contributed by atoms with Crippen LogP contribution >= 0.6 is 24.0 Å². The molecule has 1 heterocycles. The summed E-state index contributed by atoms with van der Waals surface area (Å²) in [4.78, 5) is 47.9. The molecule has 1 rings (SSSR count). The number of rotatable bonds is 6. The Morgan fingerprint density at radius 3 is 1.79 bits per heavy atom. The van der Waals surface area contributed by atoms with E-state index in [1.165, 1.54) is 20.8 Å². The maximum Gasteiger partial charge on any atom is 0.303 e. The number of carbonyl (C=O) groups excluding carboxylic acids is 4. The second-order valence-corrected chi connectivity index (χ2v) is 8.08. The molecule has 0 aromatic heterocycles. The molecule has 0 aromatic carbocycles. The van der Waals surface area contributed by atoms with E-state index in [4.69, 9.17) is 35.9 Å². The third kappa shape index (κ3) is 8.15. The van der Waals surface area contributed by atoms with Gasteiger partial charge in [-0.05, 0) is 0 Å². The first kappa shape index (κ1) is 25.1. The Morgan fingerprint density at radius 2 is 1.34 bits per heavy atom. The topological polar surface area (TPSA) is 118 Å². The van der Waals surface area contributed by atoms with Gasteiger partial charge in [-0.1, -0.05) is 24.0 Å². The number of ether oxygens (including phenoxy) is 5. The lowest BCUT2D eigenvalue weighted by Gasteiger charge is -2.44. The standard InChI is InChI=1S/C17H25NO9S2/c1-8(19)23-7-12-13(24-9(2)20)14(25-10(3)21)15(26-11(4)22)16(27-12)29-17(28)18(5)6/h12-16H,7H2,1-6H3/t12-,13+,14+,15+,16+/m0/s1. The molecule has 1 aliphatic rings. The fourth-order valence-corrected chi connectivity index (χ4v) is 3.73. The van der Waals surface area contributed by atoms with Crippen molar-refractivity contribution in [1.29, 1.82) is 0 Å². The van der Waals surface area contributed by atoms with Gasteiger partial charge in [0.05, 0.1) is 0 Å². The van der Waals surface area contributed by atoms with Gasteiger partial charge < -0.3 is 28.6 Å². The van der Waals surface area contributed by atoms with Gasteiger partial charge in [-0.3, -0.25) is 19.2 Å². The summed E-state index contributed by atoms with van der Waals surface area (Å²) in [7, 11) is 3.45. The minimum Gasteiger partial charge on any atom is -0.463 e. The van der Waals surface area contributed by atoms with Crippen molar-refractivity contribution in [1.82, 2.24) is 4.90 Å². The monoisotopic (exact) mass is 451 g/mol. The summed E-state index contributed by atoms with van der Waals surface area (Å²) in [5, 5.41) is 0. The van der Waals surface area contributed by atoms with Gasteiger partial charge in [-0.15, -0.1) is 0 Å². The van der Waals surface area contributed by atoms with E-state index in [-0.39, 0.29) is 6.61 Å². The van der Waals surface area contributed by atoms with Crippen molar-refractivity contribution >= 4 is 52.2 Å². The largest absolute Gasteiger partial charge is 0.463 e. The fourth-order valence-electron chi connectivity index (χ4n) is 2.49. The molecule has 0 aliphatic carbocycles. The first-order valence-corrected chi connectivity index (χ1v) is 9.89. The zero-order valence-electron chi connectivity index (χ0n) is 17.0. The Hall–Kier alpha value is -1.92. The van der Waals surface area contributed by atoms with Gasteiger partial charge in [0.1, 0.15) is 17.0 Å². The molecule has 29 heavy (non-hydrogen) atoms. The lowest BCUT2D eigenvalue weighted by molar-refractivity contribution is -0.237. The molecule has 1 saturated heterocycles. The number of hydrogen-bond donors (Lipinski definition) is 0. The van der Waals surface area contributed by atoms with Crippen LogP contribution in [-0.2, 0) is 42.9 Å². The van der Waals surface area contributed by atoms with Crippen LogP contribution in [0.15, 0.2) is 0 Å². The highest BCUT2D eigenvalue weighted by Gasteiger charge is 2.52. The molecule has 0 spiro atoms. The van der Waals surface area contributed by atoms with Gasteiger partial charge in [0, 0.05) is 41.8 Å². The first-order valence-electron chi connectivity index (χ1n) is 8.60. The minimum atomic E-state index is -1.20. The van der Waals surface area contributed by atoms with Crippen molar-refractivity contribution in [2.75, 3.05) is 20.7 Å². The zero-order valence-corrected chi connectivity index (χ0v) is 18.7. The van der Waals surface area contributed by atoms with E-state index >= 15 is 0 Å². The number of thioether (sulfide) groups is 1. The van der Waals surface area contributed by atoms with E-state index in [2.05, 4.69) is 0 Å². The molecule has 1 fully saturated rings. The van der Waals surface area contributed by atoms with Gasteiger partial charge in [0.2, 0.25) is 0 Å². The number of thiocarbonyl (C=S) groups is 1. The van der Waals surface area contributed by atoms with Crippen molar-refractivity contribution in [3.05, 3.63) is 0 Å². The van der Waals surface area contributed by atoms with E-state index in [1.807, 2.05) is 0 Å². The van der Waals surface area contributed by atoms with Gasteiger partial charge in [-0.25, -0.2) is 0 Å². The van der Waals surface area contributed by atoms with E-state index < -0.39 is 53.7 Å². The zero-order chi connectivity index (χ0) is 22.3. The van der Waals surface area contributed by atoms with Crippen LogP contribution < -0.4 is 0 Å². The number of esters is 4. The molecule has 0 unspecified atom stereocenters. The maximum atomic E-state index is 11.7. The Bertz CT molecular complexity index is 655. The summed E-state index contributed by atoms with van der Waals surface area (Å²) in [6.45, 7) is 4.45. The summed E-state index contributed by atoms with van der Waals surface area (Å²) in [5.41, 5.74) is -0.912. The van der Waals surface area contributed by atoms with E-state index in [0.29, 0.717) is 4.32 Å². The van der Waals surface area contributed by atoms with Crippen LogP contribution in [0, 0.1) is 0 Å². The summed E-state index contributed by atoms with van der Waals surface area (Å²) < 4.78 is 27.3. The van der Waals surface area contributed by atoms with Gasteiger partial charge in [-0.2, -0.15) is 0 Å². The van der Waals surface area contributed by atoms with E-state index in [1.54, 1.807) is 19.0 Å². The van der Waals surface area contributed by atoms with Crippen LogP contribution in [0.25, 0.3) is 0 Å². The summed E-state index contributed by atoms with van der Waals surface area (Å²) >= 11 is 6.34. The maximum absolute atomic E-state index is 11.7. The molecule has 0 radical (unpaired) electrons. The van der Waals surface area contributed by atoms with Crippen LogP contribution in [0.2, 0.25) is 0 Å². The molecule has 0 saturated carbocycles. The van der Waals surface area contributed by atoms with E-state index in [0.717, 1.165) is 18.7 Å². The van der Waals surface area contributed by atoms with Crippen LogP contribution in [0.3, 0.4) is 0 Å². The van der Waals surface area contributed by atoms with Gasteiger partial charge >= 0.3 is 23.9 Å². The molecule has 0 N–H and O–H groups in total. The fraction of sp³-hybridized carbons (Fsp3) is 0.706. The minimum absolute atomic E-state index is 0.274. The molecule has 0 amide bonds. The molecule has 164 valence electrons. The summed E-state index contributed by atoms with van der Waals surface area (Å²) in [6, 6.07) is 0. The first-order chi connectivity index (χ1) is 13.4. The van der Waals surface area contributed by atoms with Crippen LogP contribution in [0.4, 0.5) is 0 Å². The smallest absolute Gasteiger partial charge is 0.303 e. The summed E-state index contributed by atoms with van der Waals surface area (Å²) in [5.74, 6) is -2.59. The average Bonchev–Trinajstić information content (AvgIpc) is 2.56. The quantitative estimate of drug-likeness (QED) is 0.320. The Labute approximate surface area is 178 Å². The molecule has 1 aliphatic heterocycles. The third-order valence-corrected chi connectivity index (χ3v) is 5.36. The highest BCUT2D eigenvalue weighted by molar-refractivity contribution is 8.23. The predicted molar refractivity (Wildman–Crippen MR) is 106 cm³/mol. The SMILES string of the molecule is CC(=O)OC[C@@H]1O[C@H](SC(=S)N(C)C)[C@H](OC(C)=O)[C@H](OC(C)=O)[C@@H]1OC(C)=O. The Kier molecular flexibility index (Phi) is 9.80. The second-order valence-electron chi connectivity index (χ2n) is 6.35. The normalized spacial score (nSPS) is 26.1. The lowest BCUT2D eigenvalue weighted by atomic mass is 9.99. The van der Waals surface area contributed by atoms with Crippen molar-refractivity contribution in [3.8, 4) is 0 Å². The van der Waals surface area contributed by atoms with Gasteiger partial charge in [0.15, 0.2) is 23.7 Å². The molecular formula is C17H25NO9S2. The molecule has 10 nitrogen and oxygen atoms in total. The van der Waals surface area contributed by atoms with Crippen LogP contribution in [0.5, 0.6) is 0 Å². The predicted octanol–water partition coefficient (Wildman–Crippen LogP) is 0.649. The second kappa shape index (κ2) is 11.3. The molecule has 0 bridgehead atoms.